The standard InChI is InChI=1S/C16H26N2/c1-3-13-5-9-15(10-6-13)17-18-16-11-7-14(4-2)8-12-16/h3-4,13-16H,1-2,5-12H2. The normalized spacial score (nSPS) is 37.6. The van der Waals surface area contributed by atoms with Crippen molar-refractivity contribution in [2.45, 2.75) is 63.5 Å². The van der Waals surface area contributed by atoms with Crippen molar-refractivity contribution >= 4 is 0 Å². The first-order chi connectivity index (χ1) is 8.81. The van der Waals surface area contributed by atoms with Gasteiger partial charge in [0.25, 0.3) is 0 Å². The quantitative estimate of drug-likeness (QED) is 0.496. The lowest BCUT2D eigenvalue weighted by atomic mass is 9.86. The Balaban J connectivity index is 1.71. The largest absolute Gasteiger partial charge is 0.191 e. The van der Waals surface area contributed by atoms with Gasteiger partial charge in [0.2, 0.25) is 0 Å². The lowest BCUT2D eigenvalue weighted by Gasteiger charge is -2.25. The fraction of sp³-hybridized carbons (Fsp3) is 0.750. The van der Waals surface area contributed by atoms with Gasteiger partial charge in [0.15, 0.2) is 0 Å². The molecular formula is C16H26N2. The Hall–Kier alpha value is -0.920. The number of hydrogen-bond donors (Lipinski definition) is 0. The number of hydrogen-bond acceptors (Lipinski definition) is 2. The van der Waals surface area contributed by atoms with E-state index in [9.17, 15) is 0 Å². The molecule has 2 heteroatoms. The minimum atomic E-state index is 0.485. The Morgan fingerprint density at radius 2 is 0.944 bits per heavy atom. The maximum atomic E-state index is 4.59. The van der Waals surface area contributed by atoms with Crippen LogP contribution in [-0.4, -0.2) is 12.1 Å². The van der Waals surface area contributed by atoms with E-state index < -0.39 is 0 Å². The Kier molecular flexibility index (Phi) is 5.15. The summed E-state index contributed by atoms with van der Waals surface area (Å²) in [5.74, 6) is 1.44. The summed E-state index contributed by atoms with van der Waals surface area (Å²) in [5.41, 5.74) is 0. The molecule has 2 aliphatic rings. The van der Waals surface area contributed by atoms with E-state index in [1.807, 2.05) is 0 Å². The molecule has 0 atom stereocenters. The highest BCUT2D eigenvalue weighted by atomic mass is 15.1. The van der Waals surface area contributed by atoms with E-state index in [2.05, 4.69) is 35.5 Å². The summed E-state index contributed by atoms with van der Waals surface area (Å²) in [6.07, 6.45) is 14.0. The van der Waals surface area contributed by atoms with Crippen LogP contribution >= 0.6 is 0 Å². The monoisotopic (exact) mass is 246 g/mol. The molecule has 0 radical (unpaired) electrons. The van der Waals surface area contributed by atoms with Crippen LogP contribution in [0.5, 0.6) is 0 Å². The predicted octanol–water partition coefficient (Wildman–Crippen LogP) is 4.93. The Morgan fingerprint density at radius 1 is 0.611 bits per heavy atom. The van der Waals surface area contributed by atoms with Crippen molar-refractivity contribution in [1.29, 1.82) is 0 Å². The summed E-state index contributed by atoms with van der Waals surface area (Å²) in [5, 5.41) is 9.18. The summed E-state index contributed by atoms with van der Waals surface area (Å²) in [6, 6.07) is 0.969. The zero-order chi connectivity index (χ0) is 12.8. The van der Waals surface area contributed by atoms with Crippen LogP contribution in [0.25, 0.3) is 0 Å². The van der Waals surface area contributed by atoms with E-state index in [0.717, 1.165) is 11.8 Å². The van der Waals surface area contributed by atoms with Crippen molar-refractivity contribution in [3.05, 3.63) is 25.3 Å². The Labute approximate surface area is 111 Å². The second-order valence-corrected chi connectivity index (χ2v) is 5.84. The van der Waals surface area contributed by atoms with Crippen LogP contribution in [0.15, 0.2) is 35.5 Å². The first-order valence-electron chi connectivity index (χ1n) is 7.47. The van der Waals surface area contributed by atoms with Crippen molar-refractivity contribution in [3.63, 3.8) is 0 Å². The van der Waals surface area contributed by atoms with Gasteiger partial charge in [-0.3, -0.25) is 0 Å². The summed E-state index contributed by atoms with van der Waals surface area (Å²) < 4.78 is 0. The van der Waals surface area contributed by atoms with Crippen molar-refractivity contribution in [2.24, 2.45) is 22.1 Å². The maximum absolute atomic E-state index is 4.59. The molecule has 0 aromatic carbocycles. The summed E-state index contributed by atoms with van der Waals surface area (Å²) >= 11 is 0. The van der Waals surface area contributed by atoms with Gasteiger partial charge in [-0.05, 0) is 63.2 Å². The molecule has 2 fully saturated rings. The number of nitrogens with zero attached hydrogens (tertiary/aromatic N) is 2. The molecule has 2 rings (SSSR count). The molecule has 0 saturated heterocycles. The molecular weight excluding hydrogens is 220 g/mol. The Morgan fingerprint density at radius 3 is 1.22 bits per heavy atom. The Bertz CT molecular complexity index is 262. The highest BCUT2D eigenvalue weighted by Gasteiger charge is 2.21. The molecule has 2 aliphatic carbocycles. The molecule has 0 N–H and O–H groups in total. The van der Waals surface area contributed by atoms with Gasteiger partial charge in [0.1, 0.15) is 0 Å². The van der Waals surface area contributed by atoms with Crippen molar-refractivity contribution in [2.75, 3.05) is 0 Å². The number of allylic oxidation sites excluding steroid dienone is 2. The van der Waals surface area contributed by atoms with E-state index in [0.29, 0.717) is 12.1 Å². The van der Waals surface area contributed by atoms with Gasteiger partial charge in [0, 0.05) is 0 Å². The van der Waals surface area contributed by atoms with Crippen molar-refractivity contribution in [1.82, 2.24) is 0 Å². The molecule has 0 unspecified atom stereocenters. The first kappa shape index (κ1) is 13.5. The van der Waals surface area contributed by atoms with Crippen LogP contribution in [0.2, 0.25) is 0 Å². The molecule has 0 bridgehead atoms. The lowest BCUT2D eigenvalue weighted by molar-refractivity contribution is 0.339. The van der Waals surface area contributed by atoms with Gasteiger partial charge in [-0.25, -0.2) is 0 Å². The van der Waals surface area contributed by atoms with Crippen LogP contribution in [0.4, 0.5) is 0 Å². The van der Waals surface area contributed by atoms with Crippen molar-refractivity contribution in [3.8, 4) is 0 Å². The van der Waals surface area contributed by atoms with Crippen molar-refractivity contribution < 1.29 is 0 Å². The molecule has 0 aliphatic heterocycles. The second kappa shape index (κ2) is 6.86. The minimum absolute atomic E-state index is 0.485. The highest BCUT2D eigenvalue weighted by molar-refractivity contribution is 4.88. The third kappa shape index (κ3) is 3.79. The van der Waals surface area contributed by atoms with Gasteiger partial charge in [-0.1, -0.05) is 12.2 Å². The molecule has 2 nitrogen and oxygen atoms in total. The molecule has 100 valence electrons. The molecule has 2 saturated carbocycles. The minimum Gasteiger partial charge on any atom is -0.191 e. The molecule has 0 aromatic rings. The van der Waals surface area contributed by atoms with Gasteiger partial charge >= 0.3 is 0 Å². The third-order valence-electron chi connectivity index (χ3n) is 4.54. The molecule has 0 amide bonds. The zero-order valence-electron chi connectivity index (χ0n) is 11.4. The molecule has 0 heterocycles. The van der Waals surface area contributed by atoms with Crippen LogP contribution in [0.1, 0.15) is 51.4 Å². The van der Waals surface area contributed by atoms with Gasteiger partial charge in [-0.2, -0.15) is 10.2 Å². The van der Waals surface area contributed by atoms with Crippen LogP contribution < -0.4 is 0 Å². The average molecular weight is 246 g/mol. The molecule has 0 aromatic heterocycles. The maximum Gasteiger partial charge on any atom is 0.0708 e. The highest BCUT2D eigenvalue weighted by Crippen LogP contribution is 2.29. The van der Waals surface area contributed by atoms with Crippen LogP contribution in [0, 0.1) is 11.8 Å². The fourth-order valence-electron chi connectivity index (χ4n) is 3.09. The SMILES string of the molecule is C=CC1CCC(N=NC2CCC(C=C)CC2)CC1. The molecule has 0 spiro atoms. The van der Waals surface area contributed by atoms with E-state index in [1.54, 1.807) is 0 Å². The summed E-state index contributed by atoms with van der Waals surface area (Å²) in [4.78, 5) is 0. The predicted molar refractivity (Wildman–Crippen MR) is 76.7 cm³/mol. The van der Waals surface area contributed by atoms with Gasteiger partial charge in [-0.15, -0.1) is 13.2 Å². The molecule has 18 heavy (non-hydrogen) atoms. The number of rotatable bonds is 4. The fourth-order valence-corrected chi connectivity index (χ4v) is 3.09. The number of azo groups is 1. The van der Waals surface area contributed by atoms with Crippen LogP contribution in [0.3, 0.4) is 0 Å². The first-order valence-corrected chi connectivity index (χ1v) is 7.47. The zero-order valence-corrected chi connectivity index (χ0v) is 11.4. The summed E-state index contributed by atoms with van der Waals surface area (Å²) in [7, 11) is 0. The van der Waals surface area contributed by atoms with E-state index in [1.165, 1.54) is 51.4 Å². The lowest BCUT2D eigenvalue weighted by Crippen LogP contribution is -2.18. The average Bonchev–Trinajstić information content (AvgIpc) is 2.46. The third-order valence-corrected chi connectivity index (χ3v) is 4.54. The van der Waals surface area contributed by atoms with E-state index in [4.69, 9.17) is 0 Å². The van der Waals surface area contributed by atoms with Gasteiger partial charge in [0.05, 0.1) is 12.1 Å². The smallest absolute Gasteiger partial charge is 0.0708 e. The topological polar surface area (TPSA) is 24.7 Å². The second-order valence-electron chi connectivity index (χ2n) is 5.84. The van der Waals surface area contributed by atoms with E-state index in [-0.39, 0.29) is 0 Å². The van der Waals surface area contributed by atoms with Gasteiger partial charge < -0.3 is 0 Å². The van der Waals surface area contributed by atoms with E-state index >= 15 is 0 Å². The summed E-state index contributed by atoms with van der Waals surface area (Å²) in [6.45, 7) is 7.76. The van der Waals surface area contributed by atoms with Crippen LogP contribution in [-0.2, 0) is 0 Å².